The molecule has 6 heteroatoms. The SMILES string of the molecule is O=C(/C=C/c1ccco1)Nc1ccc(-c2cn3cccnc3n2)cc1. The van der Waals surface area contributed by atoms with Crippen LogP contribution >= 0.6 is 0 Å². The molecule has 0 saturated carbocycles. The molecular weight excluding hydrogens is 316 g/mol. The number of fused-ring (bicyclic) bond motifs is 1. The summed E-state index contributed by atoms with van der Waals surface area (Å²) in [5.41, 5.74) is 2.49. The summed E-state index contributed by atoms with van der Waals surface area (Å²) in [6, 6.07) is 12.9. The van der Waals surface area contributed by atoms with E-state index in [2.05, 4.69) is 15.3 Å². The van der Waals surface area contributed by atoms with Gasteiger partial charge in [0.05, 0.1) is 12.0 Å². The fourth-order valence-electron chi connectivity index (χ4n) is 2.42. The van der Waals surface area contributed by atoms with E-state index in [4.69, 9.17) is 4.42 Å². The molecule has 6 nitrogen and oxygen atoms in total. The predicted octanol–water partition coefficient (Wildman–Crippen LogP) is 3.64. The molecule has 0 aliphatic carbocycles. The van der Waals surface area contributed by atoms with Gasteiger partial charge in [0.2, 0.25) is 11.7 Å². The third-order valence-corrected chi connectivity index (χ3v) is 3.63. The fraction of sp³-hybridized carbons (Fsp3) is 0. The van der Waals surface area contributed by atoms with Crippen LogP contribution < -0.4 is 5.32 Å². The maximum absolute atomic E-state index is 11.9. The second-order valence-electron chi connectivity index (χ2n) is 5.37. The number of hydrogen-bond donors (Lipinski definition) is 1. The van der Waals surface area contributed by atoms with Crippen molar-refractivity contribution in [2.24, 2.45) is 0 Å². The van der Waals surface area contributed by atoms with Crippen LogP contribution in [0.15, 0.2) is 77.8 Å². The quantitative estimate of drug-likeness (QED) is 0.580. The molecule has 0 spiro atoms. The minimum atomic E-state index is -0.221. The van der Waals surface area contributed by atoms with Gasteiger partial charge in [-0.05, 0) is 36.4 Å². The van der Waals surface area contributed by atoms with E-state index in [0.717, 1.165) is 11.3 Å². The molecule has 0 saturated heterocycles. The van der Waals surface area contributed by atoms with E-state index < -0.39 is 0 Å². The van der Waals surface area contributed by atoms with Crippen LogP contribution in [0, 0.1) is 0 Å². The first-order chi connectivity index (χ1) is 12.3. The molecule has 3 aromatic heterocycles. The van der Waals surface area contributed by atoms with Crippen molar-refractivity contribution in [2.75, 3.05) is 5.32 Å². The molecule has 4 aromatic rings. The van der Waals surface area contributed by atoms with Crippen molar-refractivity contribution >= 4 is 23.4 Å². The van der Waals surface area contributed by atoms with Crippen LogP contribution in [-0.4, -0.2) is 20.3 Å². The first-order valence-electron chi connectivity index (χ1n) is 7.71. The number of carbonyl (C=O) groups is 1. The lowest BCUT2D eigenvalue weighted by atomic mass is 10.1. The molecule has 0 bridgehead atoms. The topological polar surface area (TPSA) is 72.4 Å². The molecule has 0 atom stereocenters. The van der Waals surface area contributed by atoms with Gasteiger partial charge in [-0.1, -0.05) is 12.1 Å². The maximum Gasteiger partial charge on any atom is 0.248 e. The summed E-state index contributed by atoms with van der Waals surface area (Å²) in [6.45, 7) is 0. The minimum absolute atomic E-state index is 0.221. The van der Waals surface area contributed by atoms with Crippen molar-refractivity contribution in [3.8, 4) is 11.3 Å². The van der Waals surface area contributed by atoms with Crippen LogP contribution in [0.4, 0.5) is 5.69 Å². The van der Waals surface area contributed by atoms with E-state index in [9.17, 15) is 4.79 Å². The maximum atomic E-state index is 11.9. The number of nitrogens with zero attached hydrogens (tertiary/aromatic N) is 3. The Morgan fingerprint density at radius 1 is 1.16 bits per heavy atom. The highest BCUT2D eigenvalue weighted by molar-refractivity contribution is 6.01. The van der Waals surface area contributed by atoms with Gasteiger partial charge in [-0.3, -0.25) is 9.20 Å². The van der Waals surface area contributed by atoms with E-state index in [1.54, 1.807) is 30.7 Å². The number of anilines is 1. The lowest BCUT2D eigenvalue weighted by molar-refractivity contribution is -0.111. The molecule has 0 radical (unpaired) electrons. The third-order valence-electron chi connectivity index (χ3n) is 3.63. The Bertz CT molecular complexity index is 998. The van der Waals surface area contributed by atoms with Crippen molar-refractivity contribution in [1.82, 2.24) is 14.4 Å². The molecule has 4 rings (SSSR count). The van der Waals surface area contributed by atoms with Crippen LogP contribution in [0.5, 0.6) is 0 Å². The van der Waals surface area contributed by atoms with Crippen molar-refractivity contribution in [3.63, 3.8) is 0 Å². The lowest BCUT2D eigenvalue weighted by Gasteiger charge is -2.03. The molecule has 3 heterocycles. The van der Waals surface area contributed by atoms with Gasteiger partial charge in [0.25, 0.3) is 0 Å². The largest absolute Gasteiger partial charge is 0.465 e. The summed E-state index contributed by atoms with van der Waals surface area (Å²) in [4.78, 5) is 20.6. The molecule has 25 heavy (non-hydrogen) atoms. The van der Waals surface area contributed by atoms with Crippen molar-refractivity contribution in [3.05, 3.63) is 79.2 Å². The molecule has 0 aliphatic heterocycles. The van der Waals surface area contributed by atoms with Gasteiger partial charge >= 0.3 is 0 Å². The fourth-order valence-corrected chi connectivity index (χ4v) is 2.42. The summed E-state index contributed by atoms with van der Waals surface area (Å²) < 4.78 is 7.01. The summed E-state index contributed by atoms with van der Waals surface area (Å²) in [5, 5.41) is 2.80. The highest BCUT2D eigenvalue weighted by atomic mass is 16.3. The monoisotopic (exact) mass is 330 g/mol. The predicted molar refractivity (Wildman–Crippen MR) is 94.8 cm³/mol. The molecular formula is C19H14N4O2. The van der Waals surface area contributed by atoms with Gasteiger partial charge in [0, 0.05) is 35.9 Å². The van der Waals surface area contributed by atoms with Crippen molar-refractivity contribution in [1.29, 1.82) is 0 Å². The summed E-state index contributed by atoms with van der Waals surface area (Å²) in [6.07, 6.45) is 10.1. The normalized spacial score (nSPS) is 11.2. The van der Waals surface area contributed by atoms with Gasteiger partial charge in [-0.25, -0.2) is 9.97 Å². The minimum Gasteiger partial charge on any atom is -0.465 e. The van der Waals surface area contributed by atoms with Gasteiger partial charge in [0.15, 0.2) is 0 Å². The van der Waals surface area contributed by atoms with Crippen LogP contribution in [-0.2, 0) is 4.79 Å². The number of benzene rings is 1. The molecule has 122 valence electrons. The van der Waals surface area contributed by atoms with Gasteiger partial charge < -0.3 is 9.73 Å². The number of amides is 1. The number of hydrogen-bond acceptors (Lipinski definition) is 4. The molecule has 1 N–H and O–H groups in total. The highest BCUT2D eigenvalue weighted by Crippen LogP contribution is 2.20. The average molecular weight is 330 g/mol. The Kier molecular flexibility index (Phi) is 3.84. The van der Waals surface area contributed by atoms with Crippen LogP contribution in [0.2, 0.25) is 0 Å². The zero-order valence-electron chi connectivity index (χ0n) is 13.2. The Labute approximate surface area is 143 Å². The molecule has 1 aromatic carbocycles. The number of imidazole rings is 1. The van der Waals surface area contributed by atoms with Crippen molar-refractivity contribution < 1.29 is 9.21 Å². The number of nitrogens with one attached hydrogen (secondary N) is 1. The third kappa shape index (κ3) is 3.32. The average Bonchev–Trinajstić information content (AvgIpc) is 3.30. The Hall–Kier alpha value is -3.67. The zero-order valence-corrected chi connectivity index (χ0v) is 13.2. The van der Waals surface area contributed by atoms with Gasteiger partial charge in [-0.15, -0.1) is 0 Å². The number of furan rings is 1. The van der Waals surface area contributed by atoms with Crippen LogP contribution in [0.3, 0.4) is 0 Å². The van der Waals surface area contributed by atoms with E-state index in [-0.39, 0.29) is 5.91 Å². The second kappa shape index (κ2) is 6.45. The van der Waals surface area contributed by atoms with E-state index in [1.165, 1.54) is 6.08 Å². The molecule has 1 amide bonds. The molecule has 0 aliphatic rings. The van der Waals surface area contributed by atoms with E-state index in [1.807, 2.05) is 47.1 Å². The Balaban J connectivity index is 1.47. The summed E-state index contributed by atoms with van der Waals surface area (Å²) in [7, 11) is 0. The van der Waals surface area contributed by atoms with Crippen LogP contribution in [0.25, 0.3) is 23.1 Å². The highest BCUT2D eigenvalue weighted by Gasteiger charge is 2.05. The standard InChI is InChI=1S/C19H14N4O2/c24-18(9-8-16-3-1-12-25-16)21-15-6-4-14(5-7-15)17-13-23-11-2-10-20-19(23)22-17/h1-13H,(H,21,24)/b9-8+. The number of carbonyl (C=O) groups excluding carboxylic acids is 1. The number of rotatable bonds is 4. The van der Waals surface area contributed by atoms with Gasteiger partial charge in [-0.2, -0.15) is 0 Å². The van der Waals surface area contributed by atoms with E-state index in [0.29, 0.717) is 17.2 Å². The smallest absolute Gasteiger partial charge is 0.248 e. The van der Waals surface area contributed by atoms with Crippen LogP contribution in [0.1, 0.15) is 5.76 Å². The first kappa shape index (κ1) is 14.9. The summed E-state index contributed by atoms with van der Waals surface area (Å²) >= 11 is 0. The molecule has 0 fully saturated rings. The Morgan fingerprint density at radius 3 is 2.80 bits per heavy atom. The lowest BCUT2D eigenvalue weighted by Crippen LogP contribution is -2.07. The number of aromatic nitrogens is 3. The van der Waals surface area contributed by atoms with E-state index >= 15 is 0 Å². The second-order valence-corrected chi connectivity index (χ2v) is 5.37. The Morgan fingerprint density at radius 2 is 2.04 bits per heavy atom. The van der Waals surface area contributed by atoms with Crippen molar-refractivity contribution in [2.45, 2.75) is 0 Å². The first-order valence-corrected chi connectivity index (χ1v) is 7.71. The summed E-state index contributed by atoms with van der Waals surface area (Å²) in [5.74, 6) is 1.06. The molecule has 0 unspecified atom stereocenters. The zero-order chi connectivity index (χ0) is 17.1. The van der Waals surface area contributed by atoms with Gasteiger partial charge in [0.1, 0.15) is 5.76 Å².